The molecule has 2 saturated heterocycles. The molecule has 0 spiro atoms. The lowest BCUT2D eigenvalue weighted by Gasteiger charge is -2.34. The first-order valence-electron chi connectivity index (χ1n) is 10.8. The van der Waals surface area contributed by atoms with Crippen molar-refractivity contribution in [1.82, 2.24) is 19.8 Å². The van der Waals surface area contributed by atoms with Gasteiger partial charge in [0, 0.05) is 64.3 Å². The maximum atomic E-state index is 13.4. The molecule has 1 aromatic carbocycles. The van der Waals surface area contributed by atoms with Crippen molar-refractivity contribution < 1.29 is 9.59 Å². The third-order valence-electron chi connectivity index (χ3n) is 6.41. The summed E-state index contributed by atoms with van der Waals surface area (Å²) < 4.78 is 0. The summed E-state index contributed by atoms with van der Waals surface area (Å²) in [5, 5.41) is 3.02. The number of aryl methyl sites for hydroxylation is 1. The van der Waals surface area contributed by atoms with Gasteiger partial charge in [0.25, 0.3) is 0 Å². The molecule has 3 heterocycles. The molecule has 0 radical (unpaired) electrons. The maximum Gasteiger partial charge on any atom is 0.321 e. The van der Waals surface area contributed by atoms with E-state index in [4.69, 9.17) is 0 Å². The summed E-state index contributed by atoms with van der Waals surface area (Å²) in [7, 11) is 3.62. The van der Waals surface area contributed by atoms with Gasteiger partial charge >= 0.3 is 6.03 Å². The minimum atomic E-state index is -0.541. The largest absolute Gasteiger partial charge is 0.348 e. The van der Waals surface area contributed by atoms with Gasteiger partial charge in [0.2, 0.25) is 11.9 Å². The van der Waals surface area contributed by atoms with Crippen molar-refractivity contribution >= 4 is 23.6 Å². The molecule has 0 unspecified atom stereocenters. The van der Waals surface area contributed by atoms with Crippen LogP contribution in [0.4, 0.5) is 16.4 Å². The summed E-state index contributed by atoms with van der Waals surface area (Å²) in [6.07, 6.45) is 4.96. The summed E-state index contributed by atoms with van der Waals surface area (Å²) in [5.41, 5.74) is 1.34. The lowest BCUT2D eigenvalue weighted by atomic mass is 9.74. The number of nitrogens with zero attached hydrogens (tertiary/aromatic N) is 5. The number of likely N-dealkylation sites (tertiary alicyclic amines) is 1. The Balaban J connectivity index is 1.57. The van der Waals surface area contributed by atoms with Crippen LogP contribution in [-0.4, -0.2) is 72.0 Å². The predicted octanol–water partition coefficient (Wildman–Crippen LogP) is 2.62. The van der Waals surface area contributed by atoms with E-state index in [1.807, 2.05) is 50.2 Å². The second-order valence-electron chi connectivity index (χ2n) is 8.83. The molecule has 0 aliphatic carbocycles. The predicted molar refractivity (Wildman–Crippen MR) is 120 cm³/mol. The van der Waals surface area contributed by atoms with Crippen LogP contribution in [0.15, 0.2) is 42.7 Å². The zero-order chi connectivity index (χ0) is 22.0. The number of hydrogen-bond donors (Lipinski definition) is 1. The van der Waals surface area contributed by atoms with Gasteiger partial charge in [0.1, 0.15) is 0 Å². The molecule has 2 atom stereocenters. The Bertz CT molecular complexity index is 950. The fraction of sp³-hybridized carbons (Fsp3) is 0.478. The van der Waals surface area contributed by atoms with Gasteiger partial charge in [-0.2, -0.15) is 0 Å². The minimum absolute atomic E-state index is 0.0111. The first-order chi connectivity index (χ1) is 14.9. The van der Waals surface area contributed by atoms with E-state index in [-0.39, 0.29) is 17.9 Å². The zero-order valence-electron chi connectivity index (χ0n) is 18.4. The number of nitrogens with one attached hydrogen (secondary N) is 1. The Morgan fingerprint density at radius 2 is 1.94 bits per heavy atom. The smallest absolute Gasteiger partial charge is 0.321 e. The van der Waals surface area contributed by atoms with E-state index >= 15 is 0 Å². The number of carbonyl (C=O) groups is 2. The Kier molecular flexibility index (Phi) is 5.80. The van der Waals surface area contributed by atoms with Crippen LogP contribution in [-0.2, 0) is 4.79 Å². The van der Waals surface area contributed by atoms with Gasteiger partial charge < -0.3 is 20.0 Å². The zero-order valence-corrected chi connectivity index (χ0v) is 18.4. The third kappa shape index (κ3) is 4.19. The molecule has 4 rings (SSSR count). The summed E-state index contributed by atoms with van der Waals surface area (Å²) in [4.78, 5) is 40.9. The number of urea groups is 1. The maximum absolute atomic E-state index is 13.4. The van der Waals surface area contributed by atoms with Crippen molar-refractivity contribution in [2.24, 2.45) is 11.3 Å². The number of hydrogen-bond acceptors (Lipinski definition) is 5. The highest BCUT2D eigenvalue weighted by Gasteiger charge is 2.54. The average molecular weight is 423 g/mol. The van der Waals surface area contributed by atoms with Crippen molar-refractivity contribution in [1.29, 1.82) is 0 Å². The van der Waals surface area contributed by atoms with Crippen molar-refractivity contribution in [2.45, 2.75) is 19.8 Å². The molecule has 8 nitrogen and oxygen atoms in total. The van der Waals surface area contributed by atoms with E-state index in [1.54, 1.807) is 23.4 Å². The molecule has 0 saturated carbocycles. The Hall–Kier alpha value is -3.16. The normalized spacial score (nSPS) is 23.1. The number of fused-ring (bicyclic) bond motifs is 1. The van der Waals surface area contributed by atoms with Crippen LogP contribution in [0.1, 0.15) is 18.4 Å². The highest BCUT2D eigenvalue weighted by atomic mass is 16.2. The van der Waals surface area contributed by atoms with Crippen LogP contribution in [0.5, 0.6) is 0 Å². The first-order valence-corrected chi connectivity index (χ1v) is 10.8. The summed E-state index contributed by atoms with van der Waals surface area (Å²) >= 11 is 0. The summed E-state index contributed by atoms with van der Waals surface area (Å²) in [6.45, 7) is 4.39. The Morgan fingerprint density at radius 1 is 1.16 bits per heavy atom. The molecule has 3 amide bonds. The lowest BCUT2D eigenvalue weighted by Crippen LogP contribution is -2.48. The molecule has 2 aromatic rings. The van der Waals surface area contributed by atoms with Gasteiger partial charge in [0.05, 0.1) is 5.41 Å². The number of carbonyl (C=O) groups excluding carboxylic acids is 2. The van der Waals surface area contributed by atoms with Crippen LogP contribution in [0, 0.1) is 18.3 Å². The fourth-order valence-electron chi connectivity index (χ4n) is 4.94. The molecule has 2 aliphatic heterocycles. The second kappa shape index (κ2) is 8.53. The van der Waals surface area contributed by atoms with E-state index in [9.17, 15) is 9.59 Å². The minimum Gasteiger partial charge on any atom is -0.348 e. The van der Waals surface area contributed by atoms with Crippen molar-refractivity contribution in [3.05, 3.63) is 48.3 Å². The van der Waals surface area contributed by atoms with E-state index in [0.29, 0.717) is 32.1 Å². The van der Waals surface area contributed by atoms with Crippen LogP contribution in [0.25, 0.3) is 0 Å². The Morgan fingerprint density at radius 3 is 2.65 bits per heavy atom. The second-order valence-corrected chi connectivity index (χ2v) is 8.83. The topological polar surface area (TPSA) is 81.7 Å². The number of amides is 3. The highest BCUT2D eigenvalue weighted by Crippen LogP contribution is 2.44. The number of rotatable bonds is 3. The lowest BCUT2D eigenvalue weighted by molar-refractivity contribution is -0.141. The van der Waals surface area contributed by atoms with E-state index in [2.05, 4.69) is 20.2 Å². The molecule has 164 valence electrons. The van der Waals surface area contributed by atoms with Gasteiger partial charge in [-0.25, -0.2) is 14.8 Å². The summed E-state index contributed by atoms with van der Waals surface area (Å²) in [6, 6.07) is 9.46. The van der Waals surface area contributed by atoms with Crippen molar-refractivity contribution in [2.75, 3.05) is 50.5 Å². The highest BCUT2D eigenvalue weighted by molar-refractivity contribution is 5.90. The van der Waals surface area contributed by atoms with Crippen LogP contribution >= 0.6 is 0 Å². The van der Waals surface area contributed by atoms with Gasteiger partial charge in [-0.1, -0.05) is 12.1 Å². The molecule has 31 heavy (non-hydrogen) atoms. The molecular formula is C23H30N6O2. The van der Waals surface area contributed by atoms with E-state index < -0.39 is 5.41 Å². The van der Waals surface area contributed by atoms with Crippen LogP contribution in [0.3, 0.4) is 0 Å². The van der Waals surface area contributed by atoms with E-state index in [0.717, 1.165) is 24.1 Å². The average Bonchev–Trinajstić information content (AvgIpc) is 3.02. The molecule has 0 bridgehead atoms. The van der Waals surface area contributed by atoms with Gasteiger partial charge in [0.15, 0.2) is 0 Å². The van der Waals surface area contributed by atoms with Crippen LogP contribution < -0.4 is 10.2 Å². The van der Waals surface area contributed by atoms with Crippen molar-refractivity contribution in [3.8, 4) is 0 Å². The van der Waals surface area contributed by atoms with Gasteiger partial charge in [-0.3, -0.25) is 4.79 Å². The number of aromatic nitrogens is 2. The Labute approximate surface area is 183 Å². The molecular weight excluding hydrogens is 392 g/mol. The molecule has 2 fully saturated rings. The fourth-order valence-corrected chi connectivity index (χ4v) is 4.94. The first kappa shape index (κ1) is 21.1. The third-order valence-corrected chi connectivity index (χ3v) is 6.41. The van der Waals surface area contributed by atoms with Crippen molar-refractivity contribution in [3.63, 3.8) is 0 Å². The standard InChI is InChI=1S/C23H30N6O2/c1-17-7-4-8-19(13-17)26-22(31)28-12-5-9-23(20(30)27(2)3)16-29(15-18(23)14-28)21-24-10-6-11-25-21/h4,6-8,10-11,13,18H,5,9,12,14-16H2,1-3H3,(H,26,31)/t18-,23-/m0/s1. The van der Waals surface area contributed by atoms with Crippen LogP contribution in [0.2, 0.25) is 0 Å². The SMILES string of the molecule is Cc1cccc(NC(=O)N2CCC[C@]3(C(=O)N(C)C)CN(c4ncccn4)C[C@@H]3C2)c1. The quantitative estimate of drug-likeness (QED) is 0.822. The molecule has 2 aliphatic rings. The summed E-state index contributed by atoms with van der Waals surface area (Å²) in [5.74, 6) is 0.770. The number of anilines is 2. The number of benzene rings is 1. The molecule has 1 N–H and O–H groups in total. The molecule has 1 aromatic heterocycles. The monoisotopic (exact) mass is 422 g/mol. The van der Waals surface area contributed by atoms with Gasteiger partial charge in [-0.15, -0.1) is 0 Å². The molecule has 8 heteroatoms. The van der Waals surface area contributed by atoms with E-state index in [1.165, 1.54) is 0 Å². The van der Waals surface area contributed by atoms with Gasteiger partial charge in [-0.05, 0) is 43.5 Å².